The third kappa shape index (κ3) is 2.64. The number of fused-ring (bicyclic) bond motifs is 1. The lowest BCUT2D eigenvalue weighted by Crippen LogP contribution is -2.01. The zero-order chi connectivity index (χ0) is 13.9. The van der Waals surface area contributed by atoms with Crippen LogP contribution in [0.2, 0.25) is 0 Å². The highest BCUT2D eigenvalue weighted by Crippen LogP contribution is 2.20. The number of hydrogen-bond donors (Lipinski definition) is 1. The first-order valence-electron chi connectivity index (χ1n) is 6.70. The van der Waals surface area contributed by atoms with Gasteiger partial charge in [0.25, 0.3) is 0 Å². The van der Waals surface area contributed by atoms with Gasteiger partial charge in [0.2, 0.25) is 0 Å². The van der Waals surface area contributed by atoms with Gasteiger partial charge in [-0.05, 0) is 53.1 Å². The van der Waals surface area contributed by atoms with Crippen molar-refractivity contribution in [3.8, 4) is 0 Å². The number of anilines is 1. The molecule has 0 unspecified atom stereocenters. The average Bonchev–Trinajstić information content (AvgIpc) is 2.46. The summed E-state index contributed by atoms with van der Waals surface area (Å²) < 4.78 is 13.1. The molecule has 0 aliphatic rings. The second-order valence-corrected chi connectivity index (χ2v) is 4.99. The Bertz CT molecular complexity index is 749. The molecular formula is C18H16FN. The predicted octanol–water partition coefficient (Wildman–Crippen LogP) is 4.90. The fraction of sp³-hybridized carbons (Fsp3) is 0.111. The van der Waals surface area contributed by atoms with E-state index in [1.807, 2.05) is 25.1 Å². The molecule has 2 heteroatoms. The highest BCUT2D eigenvalue weighted by molar-refractivity contribution is 5.85. The maximum absolute atomic E-state index is 13.1. The molecule has 0 aliphatic carbocycles. The van der Waals surface area contributed by atoms with Gasteiger partial charge < -0.3 is 5.32 Å². The molecule has 1 N–H and O–H groups in total. The van der Waals surface area contributed by atoms with E-state index in [0.29, 0.717) is 6.54 Å². The van der Waals surface area contributed by atoms with Crippen molar-refractivity contribution in [2.45, 2.75) is 13.5 Å². The van der Waals surface area contributed by atoms with Crippen molar-refractivity contribution >= 4 is 16.5 Å². The smallest absolute Gasteiger partial charge is 0.123 e. The first-order valence-corrected chi connectivity index (χ1v) is 6.70. The zero-order valence-electron chi connectivity index (χ0n) is 11.4. The Labute approximate surface area is 118 Å². The van der Waals surface area contributed by atoms with Crippen LogP contribution >= 0.6 is 0 Å². The minimum absolute atomic E-state index is 0.183. The van der Waals surface area contributed by atoms with Crippen LogP contribution < -0.4 is 5.32 Å². The summed E-state index contributed by atoms with van der Waals surface area (Å²) in [4.78, 5) is 0. The second-order valence-electron chi connectivity index (χ2n) is 4.99. The van der Waals surface area contributed by atoms with E-state index in [9.17, 15) is 4.39 Å². The Morgan fingerprint density at radius 3 is 2.50 bits per heavy atom. The monoisotopic (exact) mass is 265 g/mol. The summed E-state index contributed by atoms with van der Waals surface area (Å²) in [6.45, 7) is 2.63. The average molecular weight is 265 g/mol. The van der Waals surface area contributed by atoms with Gasteiger partial charge in [-0.15, -0.1) is 0 Å². The van der Waals surface area contributed by atoms with Crippen molar-refractivity contribution in [3.63, 3.8) is 0 Å². The van der Waals surface area contributed by atoms with Gasteiger partial charge in [0.1, 0.15) is 5.82 Å². The lowest BCUT2D eigenvalue weighted by molar-refractivity contribution is 0.625. The summed E-state index contributed by atoms with van der Waals surface area (Å²) in [5.41, 5.74) is 3.16. The minimum atomic E-state index is -0.183. The van der Waals surface area contributed by atoms with Crippen LogP contribution in [0, 0.1) is 12.7 Å². The summed E-state index contributed by atoms with van der Waals surface area (Å²) in [6, 6.07) is 19.5. The quantitative estimate of drug-likeness (QED) is 0.710. The summed E-state index contributed by atoms with van der Waals surface area (Å²) in [5, 5.41) is 5.84. The molecule has 1 nitrogen and oxygen atoms in total. The lowest BCUT2D eigenvalue weighted by Gasteiger charge is -2.10. The minimum Gasteiger partial charge on any atom is -0.381 e. The fourth-order valence-corrected chi connectivity index (χ4v) is 2.35. The Hall–Kier alpha value is -2.35. The Balaban J connectivity index is 1.79. The van der Waals surface area contributed by atoms with Gasteiger partial charge >= 0.3 is 0 Å². The summed E-state index contributed by atoms with van der Waals surface area (Å²) in [7, 11) is 0. The van der Waals surface area contributed by atoms with Crippen LogP contribution in [0.15, 0.2) is 60.7 Å². The fourth-order valence-electron chi connectivity index (χ4n) is 2.35. The van der Waals surface area contributed by atoms with Crippen LogP contribution in [0.3, 0.4) is 0 Å². The van der Waals surface area contributed by atoms with Crippen molar-refractivity contribution in [1.82, 2.24) is 0 Å². The predicted molar refractivity (Wildman–Crippen MR) is 82.4 cm³/mol. The van der Waals surface area contributed by atoms with Crippen LogP contribution in [0.1, 0.15) is 11.1 Å². The molecule has 0 bridgehead atoms. The van der Waals surface area contributed by atoms with E-state index in [4.69, 9.17) is 0 Å². The number of nitrogens with one attached hydrogen (secondary N) is 1. The lowest BCUT2D eigenvalue weighted by atomic mass is 10.1. The topological polar surface area (TPSA) is 12.0 Å². The van der Waals surface area contributed by atoms with E-state index in [-0.39, 0.29) is 5.82 Å². The number of rotatable bonds is 3. The molecule has 0 heterocycles. The SMILES string of the molecule is Cc1cc(F)ccc1CNc1ccc2ccccc2c1. The summed E-state index contributed by atoms with van der Waals surface area (Å²) in [5.74, 6) is -0.183. The van der Waals surface area contributed by atoms with E-state index in [1.54, 1.807) is 6.07 Å². The van der Waals surface area contributed by atoms with Crippen LogP contribution in [-0.2, 0) is 6.54 Å². The van der Waals surface area contributed by atoms with Crippen molar-refractivity contribution < 1.29 is 4.39 Å². The molecule has 0 atom stereocenters. The van der Waals surface area contributed by atoms with Gasteiger partial charge in [-0.1, -0.05) is 36.4 Å². The second kappa shape index (κ2) is 5.33. The Morgan fingerprint density at radius 1 is 0.900 bits per heavy atom. The summed E-state index contributed by atoms with van der Waals surface area (Å²) in [6.07, 6.45) is 0. The van der Waals surface area contributed by atoms with Gasteiger partial charge in [-0.3, -0.25) is 0 Å². The first kappa shape index (κ1) is 12.7. The first-order chi connectivity index (χ1) is 9.72. The molecule has 0 saturated carbocycles. The highest BCUT2D eigenvalue weighted by Gasteiger charge is 2.01. The third-order valence-corrected chi connectivity index (χ3v) is 3.54. The van der Waals surface area contributed by atoms with Crippen LogP contribution in [-0.4, -0.2) is 0 Å². The van der Waals surface area contributed by atoms with Crippen molar-refractivity contribution in [1.29, 1.82) is 0 Å². The standard InChI is InChI=1S/C18H16FN/c1-13-10-17(19)8-6-16(13)12-20-18-9-7-14-4-2-3-5-15(14)11-18/h2-11,20H,12H2,1H3. The third-order valence-electron chi connectivity index (χ3n) is 3.54. The van der Waals surface area contributed by atoms with Gasteiger partial charge in [-0.25, -0.2) is 4.39 Å². The Morgan fingerprint density at radius 2 is 1.70 bits per heavy atom. The van der Waals surface area contributed by atoms with E-state index in [2.05, 4.69) is 35.6 Å². The molecule has 3 aromatic rings. The van der Waals surface area contributed by atoms with Gasteiger partial charge in [0, 0.05) is 12.2 Å². The molecule has 0 aromatic heterocycles. The van der Waals surface area contributed by atoms with Crippen molar-refractivity contribution in [2.75, 3.05) is 5.32 Å². The maximum Gasteiger partial charge on any atom is 0.123 e. The Kier molecular flexibility index (Phi) is 3.38. The number of halogens is 1. The number of hydrogen-bond acceptors (Lipinski definition) is 1. The summed E-state index contributed by atoms with van der Waals surface area (Å²) >= 11 is 0. The van der Waals surface area contributed by atoms with Crippen molar-refractivity contribution in [3.05, 3.63) is 77.6 Å². The molecule has 0 fully saturated rings. The highest BCUT2D eigenvalue weighted by atomic mass is 19.1. The van der Waals surface area contributed by atoms with E-state index in [1.165, 1.54) is 16.8 Å². The van der Waals surface area contributed by atoms with E-state index in [0.717, 1.165) is 16.8 Å². The van der Waals surface area contributed by atoms with E-state index < -0.39 is 0 Å². The molecule has 0 aliphatic heterocycles. The zero-order valence-corrected chi connectivity index (χ0v) is 11.4. The number of benzene rings is 3. The molecule has 0 spiro atoms. The molecule has 0 amide bonds. The molecule has 0 saturated heterocycles. The van der Waals surface area contributed by atoms with Gasteiger partial charge in [0.15, 0.2) is 0 Å². The molecule has 3 rings (SSSR count). The van der Waals surface area contributed by atoms with E-state index >= 15 is 0 Å². The molecule has 3 aromatic carbocycles. The molecule has 100 valence electrons. The van der Waals surface area contributed by atoms with Crippen LogP contribution in [0.4, 0.5) is 10.1 Å². The van der Waals surface area contributed by atoms with Gasteiger partial charge in [0.05, 0.1) is 0 Å². The van der Waals surface area contributed by atoms with Crippen molar-refractivity contribution in [2.24, 2.45) is 0 Å². The molecular weight excluding hydrogens is 249 g/mol. The van der Waals surface area contributed by atoms with Crippen LogP contribution in [0.5, 0.6) is 0 Å². The maximum atomic E-state index is 13.1. The largest absolute Gasteiger partial charge is 0.381 e. The van der Waals surface area contributed by atoms with Gasteiger partial charge in [-0.2, -0.15) is 0 Å². The molecule has 20 heavy (non-hydrogen) atoms. The van der Waals surface area contributed by atoms with Crippen LogP contribution in [0.25, 0.3) is 10.8 Å². The normalized spacial score (nSPS) is 10.7. The molecule has 0 radical (unpaired) electrons. The number of aryl methyl sites for hydroxylation is 1.